The minimum Gasteiger partial charge on any atom is -0.770 e. The van der Waals surface area contributed by atoms with Crippen molar-refractivity contribution in [2.24, 2.45) is 0 Å². The van der Waals surface area contributed by atoms with Gasteiger partial charge in [-0.3, -0.25) is 4.21 Å². The van der Waals surface area contributed by atoms with Crippen molar-refractivity contribution in [1.82, 2.24) is 0 Å². The maximum atomic E-state index is 11.1. The van der Waals surface area contributed by atoms with Crippen LogP contribution in [-0.2, 0) is 17.3 Å². The number of halogens is 2. The van der Waals surface area contributed by atoms with Crippen LogP contribution >= 0.6 is 45.2 Å². The summed E-state index contributed by atoms with van der Waals surface area (Å²) in [6.07, 6.45) is 0. The van der Waals surface area contributed by atoms with Crippen molar-refractivity contribution in [3.8, 4) is 0 Å². The minimum absolute atomic E-state index is 0.0916. The molecular weight excluding hydrogens is 450 g/mol. The molecule has 0 aliphatic carbocycles. The van der Waals surface area contributed by atoms with Gasteiger partial charge in [0.2, 0.25) is 0 Å². The van der Waals surface area contributed by atoms with Gasteiger partial charge in [0, 0.05) is 0 Å². The zero-order valence-electron chi connectivity index (χ0n) is 9.29. The smallest absolute Gasteiger partial charge is 0.159 e. The lowest BCUT2D eigenvalue weighted by Gasteiger charge is -2.25. The highest BCUT2D eigenvalue weighted by Crippen LogP contribution is 2.42. The van der Waals surface area contributed by atoms with E-state index in [-0.39, 0.29) is 5.41 Å². The highest BCUT2D eigenvalue weighted by molar-refractivity contribution is 14.2. The van der Waals surface area contributed by atoms with E-state index in [4.69, 9.17) is 0 Å². The first-order valence-corrected chi connectivity index (χ1v) is 7.97. The molecule has 1 unspecified atom stereocenters. The van der Waals surface area contributed by atoms with E-state index in [1.807, 2.05) is 69.4 Å². The van der Waals surface area contributed by atoms with E-state index in [2.05, 4.69) is 20.8 Å². The minimum atomic E-state index is -2.13. The van der Waals surface area contributed by atoms with Crippen molar-refractivity contribution in [3.05, 3.63) is 35.4 Å². The van der Waals surface area contributed by atoms with Gasteiger partial charge >= 0.3 is 0 Å². The second-order valence-electron chi connectivity index (χ2n) is 4.58. The van der Waals surface area contributed by atoms with E-state index in [1.165, 1.54) is 5.56 Å². The number of hydrogen-bond acceptors (Lipinski definition) is 2. The van der Waals surface area contributed by atoms with Crippen LogP contribution in [0.4, 0.5) is 0 Å². The van der Waals surface area contributed by atoms with Gasteiger partial charge in [0.1, 0.15) is 0 Å². The van der Waals surface area contributed by atoms with Crippen molar-refractivity contribution in [2.75, 3.05) is 0 Å². The lowest BCUT2D eigenvalue weighted by Crippen LogP contribution is -2.16. The maximum Gasteiger partial charge on any atom is 0.159 e. The summed E-state index contributed by atoms with van der Waals surface area (Å²) in [5, 5.41) is 0. The average molecular weight is 463 g/mol. The van der Waals surface area contributed by atoms with Crippen molar-refractivity contribution < 1.29 is 8.76 Å². The molecular formula is C11H13I2O2S-. The van der Waals surface area contributed by atoms with Crippen LogP contribution in [0.5, 0.6) is 0 Å². The molecule has 1 aromatic carbocycles. The van der Waals surface area contributed by atoms with Gasteiger partial charge in [-0.05, 0) is 72.8 Å². The first-order valence-electron chi connectivity index (χ1n) is 4.74. The summed E-state index contributed by atoms with van der Waals surface area (Å²) in [5.74, 6) is 0. The summed E-state index contributed by atoms with van der Waals surface area (Å²) < 4.78 is 21.3. The Bertz CT molecular complexity index is 393. The summed E-state index contributed by atoms with van der Waals surface area (Å²) in [4.78, 5) is 0. The third-order valence-electron chi connectivity index (χ3n) is 2.30. The second kappa shape index (κ2) is 5.19. The Balaban J connectivity index is 3.09. The largest absolute Gasteiger partial charge is 0.770 e. The molecule has 1 rings (SSSR count). The standard InChI is InChI=1S/C11H14I2O2S/c1-10(2,3)8-4-6-9(7-5-8)11(12,13)16(14)15/h4-7H,1-3H3,(H,14,15)/p-1. The summed E-state index contributed by atoms with van der Waals surface area (Å²) in [5.41, 5.74) is 2.10. The SMILES string of the molecule is CC(C)(C)c1ccc(C(I)(I)S(=O)[O-])cc1. The van der Waals surface area contributed by atoms with E-state index in [0.717, 1.165) is 5.56 Å². The van der Waals surface area contributed by atoms with E-state index < -0.39 is 11.8 Å². The molecule has 0 aliphatic heterocycles. The number of alkyl halides is 2. The van der Waals surface area contributed by atoms with Gasteiger partial charge in [-0.25, -0.2) is 0 Å². The Morgan fingerprint density at radius 2 is 1.44 bits per heavy atom. The monoisotopic (exact) mass is 463 g/mol. The fourth-order valence-electron chi connectivity index (χ4n) is 1.26. The van der Waals surface area contributed by atoms with Gasteiger partial charge < -0.3 is 4.55 Å². The first kappa shape index (κ1) is 14.8. The summed E-state index contributed by atoms with van der Waals surface area (Å²) in [6, 6.07) is 7.76. The summed E-state index contributed by atoms with van der Waals surface area (Å²) in [6.45, 7) is 6.40. The molecule has 1 aromatic rings. The molecule has 0 amide bonds. The van der Waals surface area contributed by atoms with Crippen molar-refractivity contribution in [2.45, 2.75) is 26.9 Å². The van der Waals surface area contributed by atoms with Gasteiger partial charge in [-0.1, -0.05) is 45.0 Å². The second-order valence-corrected chi connectivity index (χ2v) is 12.4. The predicted molar refractivity (Wildman–Crippen MR) is 83.8 cm³/mol. The van der Waals surface area contributed by atoms with Crippen LogP contribution < -0.4 is 0 Å². The predicted octanol–water partition coefficient (Wildman–Crippen LogP) is 3.84. The van der Waals surface area contributed by atoms with Crippen LogP contribution in [0.2, 0.25) is 0 Å². The summed E-state index contributed by atoms with van der Waals surface area (Å²) >= 11 is 1.75. The number of hydrogen-bond donors (Lipinski definition) is 0. The van der Waals surface area contributed by atoms with Gasteiger partial charge in [0.15, 0.2) is 0.760 Å². The molecule has 0 N–H and O–H groups in total. The molecule has 0 fully saturated rings. The van der Waals surface area contributed by atoms with Crippen LogP contribution in [0, 0.1) is 0 Å². The molecule has 0 spiro atoms. The Hall–Kier alpha value is 0.790. The first-order chi connectivity index (χ1) is 7.15. The van der Waals surface area contributed by atoms with Gasteiger partial charge in [-0.2, -0.15) is 0 Å². The molecule has 1 atom stereocenters. The lowest BCUT2D eigenvalue weighted by molar-refractivity contribution is 0.535. The number of rotatable bonds is 2. The lowest BCUT2D eigenvalue weighted by atomic mass is 9.87. The molecule has 0 heterocycles. The van der Waals surface area contributed by atoms with Crippen molar-refractivity contribution in [3.63, 3.8) is 0 Å². The fourth-order valence-corrected chi connectivity index (χ4v) is 2.31. The van der Waals surface area contributed by atoms with E-state index in [9.17, 15) is 8.76 Å². The van der Waals surface area contributed by atoms with E-state index >= 15 is 0 Å². The highest BCUT2D eigenvalue weighted by Gasteiger charge is 2.26. The Morgan fingerprint density at radius 3 is 1.75 bits per heavy atom. The zero-order chi connectivity index (χ0) is 12.6. The third kappa shape index (κ3) is 3.39. The number of benzene rings is 1. The molecule has 5 heteroatoms. The topological polar surface area (TPSA) is 40.1 Å². The zero-order valence-corrected chi connectivity index (χ0v) is 14.4. The Morgan fingerprint density at radius 1 is 1.06 bits per heavy atom. The van der Waals surface area contributed by atoms with Crippen LogP contribution in [0.15, 0.2) is 24.3 Å². The van der Waals surface area contributed by atoms with Crippen LogP contribution in [0.1, 0.15) is 31.9 Å². The van der Waals surface area contributed by atoms with Crippen LogP contribution in [0.3, 0.4) is 0 Å². The average Bonchev–Trinajstić information content (AvgIpc) is 2.16. The van der Waals surface area contributed by atoms with E-state index in [1.54, 1.807) is 0 Å². The molecule has 0 saturated carbocycles. The molecule has 0 bridgehead atoms. The van der Waals surface area contributed by atoms with Crippen LogP contribution in [0.25, 0.3) is 0 Å². The molecule has 0 aliphatic rings. The van der Waals surface area contributed by atoms with Gasteiger partial charge in [0.05, 0.1) is 0 Å². The van der Waals surface area contributed by atoms with Gasteiger partial charge in [-0.15, -0.1) is 0 Å². The van der Waals surface area contributed by atoms with Gasteiger partial charge in [0.25, 0.3) is 0 Å². The molecule has 90 valence electrons. The maximum absolute atomic E-state index is 11.1. The molecule has 0 saturated heterocycles. The van der Waals surface area contributed by atoms with Crippen LogP contribution in [-0.4, -0.2) is 8.76 Å². The molecule has 0 radical (unpaired) electrons. The Kier molecular flexibility index (Phi) is 4.82. The fraction of sp³-hybridized carbons (Fsp3) is 0.455. The third-order valence-corrected chi connectivity index (χ3v) is 6.35. The summed E-state index contributed by atoms with van der Waals surface area (Å²) in [7, 11) is 0. The molecule has 16 heavy (non-hydrogen) atoms. The quantitative estimate of drug-likeness (QED) is 0.380. The highest BCUT2D eigenvalue weighted by atomic mass is 127. The molecule has 0 aromatic heterocycles. The molecule has 2 nitrogen and oxygen atoms in total. The van der Waals surface area contributed by atoms with Crippen molar-refractivity contribution >= 4 is 56.3 Å². The Labute approximate surface area is 126 Å². The van der Waals surface area contributed by atoms with Crippen molar-refractivity contribution in [1.29, 1.82) is 0 Å². The normalized spacial score (nSPS) is 14.9. The van der Waals surface area contributed by atoms with E-state index in [0.29, 0.717) is 0 Å².